The first-order chi connectivity index (χ1) is 13.0. The number of hydrogen-bond acceptors (Lipinski definition) is 4. The Balaban J connectivity index is 1.45. The summed E-state index contributed by atoms with van der Waals surface area (Å²) in [6.07, 6.45) is 4.39. The van der Waals surface area contributed by atoms with Crippen LogP contribution in [0.2, 0.25) is 0 Å². The molecule has 2 heterocycles. The highest BCUT2D eigenvalue weighted by Gasteiger charge is 2.30. The number of rotatable bonds is 7. The van der Waals surface area contributed by atoms with E-state index in [2.05, 4.69) is 5.32 Å². The summed E-state index contributed by atoms with van der Waals surface area (Å²) in [5.41, 5.74) is 0.771. The number of aryl methyl sites for hydroxylation is 1. The third-order valence-corrected chi connectivity index (χ3v) is 7.16. The Morgan fingerprint density at radius 1 is 1.19 bits per heavy atom. The van der Waals surface area contributed by atoms with Gasteiger partial charge >= 0.3 is 0 Å². The Bertz CT molecular complexity index is 854. The first kappa shape index (κ1) is 19.6. The van der Waals surface area contributed by atoms with E-state index in [1.54, 1.807) is 28.8 Å². The fourth-order valence-corrected chi connectivity index (χ4v) is 5.14. The monoisotopic (exact) mass is 390 g/mol. The van der Waals surface area contributed by atoms with Crippen molar-refractivity contribution < 1.29 is 17.6 Å². The van der Waals surface area contributed by atoms with Crippen LogP contribution in [-0.2, 0) is 21.4 Å². The highest BCUT2D eigenvalue weighted by molar-refractivity contribution is 7.89. The minimum absolute atomic E-state index is 0.00126. The van der Waals surface area contributed by atoms with Gasteiger partial charge in [0.25, 0.3) is 0 Å². The predicted octanol–water partition coefficient (Wildman–Crippen LogP) is 3.09. The second-order valence-electron chi connectivity index (χ2n) is 7.01. The van der Waals surface area contributed by atoms with E-state index < -0.39 is 10.0 Å². The highest BCUT2D eigenvalue weighted by atomic mass is 32.2. The zero-order valence-electron chi connectivity index (χ0n) is 15.6. The number of hydrogen-bond donors (Lipinski definition) is 1. The molecule has 27 heavy (non-hydrogen) atoms. The standard InChI is InChI=1S/C20H26N2O4S/c1-16-5-2-3-7-19(16)27(24,25)22-12-10-17(11-13-22)8-9-20(23)21-15-18-6-4-14-26-18/h2-7,14,17H,8-13,15H2,1H3,(H,21,23). The molecule has 0 unspecified atom stereocenters. The van der Waals surface area contributed by atoms with Crippen molar-refractivity contribution in [2.24, 2.45) is 5.92 Å². The number of benzene rings is 1. The van der Waals surface area contributed by atoms with Gasteiger partial charge in [0.15, 0.2) is 0 Å². The van der Waals surface area contributed by atoms with Gasteiger partial charge in [0.05, 0.1) is 17.7 Å². The summed E-state index contributed by atoms with van der Waals surface area (Å²) in [5, 5.41) is 2.85. The third-order valence-electron chi connectivity index (χ3n) is 5.10. The van der Waals surface area contributed by atoms with E-state index >= 15 is 0 Å². The van der Waals surface area contributed by atoms with Crippen LogP contribution in [0.3, 0.4) is 0 Å². The van der Waals surface area contributed by atoms with E-state index in [1.165, 1.54) is 0 Å². The molecular weight excluding hydrogens is 364 g/mol. The Kier molecular flexibility index (Phi) is 6.34. The van der Waals surface area contributed by atoms with E-state index in [4.69, 9.17) is 4.42 Å². The quantitative estimate of drug-likeness (QED) is 0.788. The molecule has 1 N–H and O–H groups in total. The van der Waals surface area contributed by atoms with Crippen LogP contribution in [0.25, 0.3) is 0 Å². The average Bonchev–Trinajstić information content (AvgIpc) is 3.19. The van der Waals surface area contributed by atoms with Crippen molar-refractivity contribution in [3.63, 3.8) is 0 Å². The maximum Gasteiger partial charge on any atom is 0.243 e. The summed E-state index contributed by atoms with van der Waals surface area (Å²) in [4.78, 5) is 12.4. The van der Waals surface area contributed by atoms with Crippen LogP contribution < -0.4 is 5.32 Å². The van der Waals surface area contributed by atoms with Gasteiger partial charge in [-0.05, 0) is 55.9 Å². The SMILES string of the molecule is Cc1ccccc1S(=O)(=O)N1CCC(CCC(=O)NCc2ccco2)CC1. The molecule has 1 aliphatic rings. The number of carbonyl (C=O) groups is 1. The van der Waals surface area contributed by atoms with Crippen molar-refractivity contribution in [2.45, 2.75) is 44.0 Å². The lowest BCUT2D eigenvalue weighted by Crippen LogP contribution is -2.39. The van der Waals surface area contributed by atoms with Gasteiger partial charge in [-0.2, -0.15) is 4.31 Å². The van der Waals surface area contributed by atoms with Gasteiger partial charge in [0.2, 0.25) is 15.9 Å². The van der Waals surface area contributed by atoms with Crippen LogP contribution in [0.4, 0.5) is 0 Å². The molecule has 0 atom stereocenters. The zero-order chi connectivity index (χ0) is 19.3. The largest absolute Gasteiger partial charge is 0.467 e. The summed E-state index contributed by atoms with van der Waals surface area (Å²) in [6, 6.07) is 10.7. The summed E-state index contributed by atoms with van der Waals surface area (Å²) in [6.45, 7) is 3.24. The van der Waals surface area contributed by atoms with Gasteiger partial charge in [-0.3, -0.25) is 4.79 Å². The molecule has 0 spiro atoms. The topological polar surface area (TPSA) is 79.6 Å². The Morgan fingerprint density at radius 2 is 1.93 bits per heavy atom. The predicted molar refractivity (Wildman–Crippen MR) is 102 cm³/mol. The molecule has 1 fully saturated rings. The molecular formula is C20H26N2O4S. The molecule has 3 rings (SSSR count). The molecule has 7 heteroatoms. The first-order valence-electron chi connectivity index (χ1n) is 9.31. The maximum atomic E-state index is 12.8. The van der Waals surface area contributed by atoms with Crippen LogP contribution in [0.5, 0.6) is 0 Å². The lowest BCUT2D eigenvalue weighted by molar-refractivity contribution is -0.121. The summed E-state index contributed by atoms with van der Waals surface area (Å²) in [5.74, 6) is 1.11. The van der Waals surface area contributed by atoms with Gasteiger partial charge < -0.3 is 9.73 Å². The zero-order valence-corrected chi connectivity index (χ0v) is 16.4. The smallest absolute Gasteiger partial charge is 0.243 e. The maximum absolute atomic E-state index is 12.8. The van der Waals surface area contributed by atoms with Crippen molar-refractivity contribution in [3.8, 4) is 0 Å². The van der Waals surface area contributed by atoms with Crippen molar-refractivity contribution in [1.82, 2.24) is 9.62 Å². The summed E-state index contributed by atoms with van der Waals surface area (Å²) >= 11 is 0. The van der Waals surface area contributed by atoms with Gasteiger partial charge in [-0.1, -0.05) is 18.2 Å². The Morgan fingerprint density at radius 3 is 2.59 bits per heavy atom. The van der Waals surface area contributed by atoms with Gasteiger partial charge in [0.1, 0.15) is 5.76 Å². The second kappa shape index (κ2) is 8.71. The molecule has 2 aromatic rings. The Hall–Kier alpha value is -2.12. The molecule has 1 aromatic heterocycles. The third kappa shape index (κ3) is 4.99. The molecule has 1 aromatic carbocycles. The van der Waals surface area contributed by atoms with E-state index in [-0.39, 0.29) is 5.91 Å². The van der Waals surface area contributed by atoms with Crippen LogP contribution in [0.15, 0.2) is 52.0 Å². The number of carbonyl (C=O) groups excluding carboxylic acids is 1. The van der Waals surface area contributed by atoms with Crippen LogP contribution in [-0.4, -0.2) is 31.7 Å². The number of piperidine rings is 1. The number of sulfonamides is 1. The minimum Gasteiger partial charge on any atom is -0.467 e. The molecule has 1 amide bonds. The lowest BCUT2D eigenvalue weighted by atomic mass is 9.93. The number of nitrogens with one attached hydrogen (secondary N) is 1. The van der Waals surface area contributed by atoms with Crippen molar-refractivity contribution in [3.05, 3.63) is 54.0 Å². The minimum atomic E-state index is -3.44. The number of amides is 1. The molecule has 0 saturated carbocycles. The van der Waals surface area contributed by atoms with Crippen molar-refractivity contribution in [2.75, 3.05) is 13.1 Å². The Labute approximate surface area is 160 Å². The van der Waals surface area contributed by atoms with Crippen molar-refractivity contribution in [1.29, 1.82) is 0 Å². The van der Waals surface area contributed by atoms with E-state index in [1.807, 2.05) is 25.1 Å². The molecule has 0 aliphatic carbocycles. The van der Waals surface area contributed by atoms with Gasteiger partial charge in [-0.25, -0.2) is 8.42 Å². The fourth-order valence-electron chi connectivity index (χ4n) is 3.45. The lowest BCUT2D eigenvalue weighted by Gasteiger charge is -2.31. The van der Waals surface area contributed by atoms with Crippen LogP contribution in [0.1, 0.15) is 37.0 Å². The van der Waals surface area contributed by atoms with Crippen LogP contribution >= 0.6 is 0 Å². The summed E-state index contributed by atoms with van der Waals surface area (Å²) < 4.78 is 32.4. The van der Waals surface area contributed by atoms with E-state index in [0.29, 0.717) is 36.9 Å². The normalized spacial score (nSPS) is 16.3. The first-order valence-corrected chi connectivity index (χ1v) is 10.8. The molecule has 1 saturated heterocycles. The number of nitrogens with zero attached hydrogens (tertiary/aromatic N) is 1. The molecule has 0 bridgehead atoms. The molecule has 146 valence electrons. The molecule has 0 radical (unpaired) electrons. The number of furan rings is 1. The highest BCUT2D eigenvalue weighted by Crippen LogP contribution is 2.27. The summed E-state index contributed by atoms with van der Waals surface area (Å²) in [7, 11) is -3.44. The fraction of sp³-hybridized carbons (Fsp3) is 0.450. The molecule has 1 aliphatic heterocycles. The molecule has 6 nitrogen and oxygen atoms in total. The van der Waals surface area contributed by atoms with Gasteiger partial charge in [-0.15, -0.1) is 0 Å². The van der Waals surface area contributed by atoms with Crippen molar-refractivity contribution >= 4 is 15.9 Å². The van der Waals surface area contributed by atoms with Crippen LogP contribution in [0, 0.1) is 12.8 Å². The van der Waals surface area contributed by atoms with Gasteiger partial charge in [0, 0.05) is 19.5 Å². The van der Waals surface area contributed by atoms with E-state index in [0.717, 1.165) is 30.6 Å². The average molecular weight is 391 g/mol. The second-order valence-corrected chi connectivity index (χ2v) is 8.91. The van der Waals surface area contributed by atoms with E-state index in [9.17, 15) is 13.2 Å².